The van der Waals surface area contributed by atoms with Crippen LogP contribution in [0.1, 0.15) is 35.2 Å². The highest BCUT2D eigenvalue weighted by molar-refractivity contribution is 6.30. The molecule has 1 fully saturated rings. The summed E-state index contributed by atoms with van der Waals surface area (Å²) in [6.07, 6.45) is 6.35. The van der Waals surface area contributed by atoms with Crippen LogP contribution >= 0.6 is 11.6 Å². The summed E-state index contributed by atoms with van der Waals surface area (Å²) in [4.78, 5) is 37.1. The molecule has 1 aliphatic rings. The lowest BCUT2D eigenvalue weighted by Gasteiger charge is -2.26. The molecule has 0 aliphatic carbocycles. The van der Waals surface area contributed by atoms with Crippen molar-refractivity contribution >= 4 is 41.1 Å². The van der Waals surface area contributed by atoms with Gasteiger partial charge in [0.25, 0.3) is 0 Å². The topological polar surface area (TPSA) is 148 Å². The van der Waals surface area contributed by atoms with Crippen molar-refractivity contribution in [1.82, 2.24) is 25.5 Å². The van der Waals surface area contributed by atoms with Gasteiger partial charge in [-0.1, -0.05) is 11.6 Å². The molecule has 1 unspecified atom stereocenters. The maximum Gasteiger partial charge on any atom is 0.335 e. The first-order chi connectivity index (χ1) is 17.9. The smallest absolute Gasteiger partial charge is 0.335 e. The molecule has 2 aromatic carbocycles. The second-order valence-corrected chi connectivity index (χ2v) is 8.95. The third-order valence-electron chi connectivity index (χ3n) is 5.94. The van der Waals surface area contributed by atoms with E-state index in [0.717, 1.165) is 12.8 Å². The van der Waals surface area contributed by atoms with Crippen molar-refractivity contribution in [2.45, 2.75) is 25.3 Å². The van der Waals surface area contributed by atoms with Crippen molar-refractivity contribution in [2.24, 2.45) is 5.92 Å². The van der Waals surface area contributed by atoms with Gasteiger partial charge < -0.3 is 20.5 Å². The average Bonchev–Trinajstić information content (AvgIpc) is 3.43. The minimum atomic E-state index is -1.06. The number of anilines is 1. The average molecular weight is 525 g/mol. The summed E-state index contributed by atoms with van der Waals surface area (Å²) < 4.78 is 6.86. The van der Waals surface area contributed by atoms with Crippen molar-refractivity contribution in [2.75, 3.05) is 18.5 Å². The number of hydrogen-bond donors (Lipinski definition) is 3. The summed E-state index contributed by atoms with van der Waals surface area (Å²) in [7, 11) is 0. The maximum atomic E-state index is 13.1. The molecule has 1 aromatic heterocycles. The Morgan fingerprint density at radius 1 is 1.16 bits per heavy atom. The highest BCUT2D eigenvalue weighted by Gasteiger charge is 2.26. The molecule has 2 amide bonds. The van der Waals surface area contributed by atoms with Crippen LogP contribution in [0, 0.1) is 5.92 Å². The first-order valence-electron chi connectivity index (χ1n) is 11.6. The fourth-order valence-electron chi connectivity index (χ4n) is 4.00. The predicted octanol–water partition coefficient (Wildman–Crippen LogP) is 2.97. The van der Waals surface area contributed by atoms with Gasteiger partial charge in [-0.2, -0.15) is 4.68 Å². The molecular weight excluding hydrogens is 500 g/mol. The quantitative estimate of drug-likeness (QED) is 0.362. The highest BCUT2D eigenvalue weighted by Crippen LogP contribution is 2.22. The molecular formula is C25H25ClN6O5. The molecule has 0 saturated carbocycles. The van der Waals surface area contributed by atoms with E-state index in [1.54, 1.807) is 24.3 Å². The van der Waals surface area contributed by atoms with Gasteiger partial charge in [0, 0.05) is 35.6 Å². The standard InChI is InChI=1S/C25H25ClN6O5/c26-19-4-7-22(32-15-27-30-31-32)18(14-19)3-8-23(33)29-21(13-16-9-11-37-12-10-16)24(34)28-20-5-1-17(2-6-20)25(35)36/h1-8,14-16,21H,9-13H2,(H,28,34)(H,29,33)(H,35,36). The lowest BCUT2D eigenvalue weighted by atomic mass is 9.92. The molecule has 37 heavy (non-hydrogen) atoms. The van der Waals surface area contributed by atoms with Gasteiger partial charge in [0.1, 0.15) is 12.4 Å². The molecule has 1 atom stereocenters. The minimum absolute atomic E-state index is 0.109. The Balaban J connectivity index is 1.48. The Morgan fingerprint density at radius 3 is 2.59 bits per heavy atom. The van der Waals surface area contributed by atoms with E-state index in [-0.39, 0.29) is 11.5 Å². The SMILES string of the molecule is O=C(C=Cc1cc(Cl)ccc1-n1cnnn1)NC(CC1CCOCC1)C(=O)Nc1ccc(C(=O)O)cc1. The van der Waals surface area contributed by atoms with E-state index in [4.69, 9.17) is 21.4 Å². The molecule has 0 radical (unpaired) electrons. The Labute approximate surface area is 217 Å². The normalized spacial score (nSPS) is 14.8. The van der Waals surface area contributed by atoms with E-state index in [0.29, 0.717) is 41.6 Å². The summed E-state index contributed by atoms with van der Waals surface area (Å²) in [5, 5.41) is 26.3. The molecule has 192 valence electrons. The number of amides is 2. The number of aromatic nitrogens is 4. The molecule has 1 aliphatic heterocycles. The number of rotatable bonds is 9. The van der Waals surface area contributed by atoms with Gasteiger partial charge in [0.15, 0.2) is 0 Å². The number of benzene rings is 2. The molecule has 4 rings (SSSR count). The number of tetrazole rings is 1. The molecule has 1 saturated heterocycles. The molecule has 2 heterocycles. The highest BCUT2D eigenvalue weighted by atomic mass is 35.5. The van der Waals surface area contributed by atoms with Crippen molar-refractivity contribution in [3.63, 3.8) is 0 Å². The van der Waals surface area contributed by atoms with Crippen molar-refractivity contribution in [1.29, 1.82) is 0 Å². The summed E-state index contributed by atoms with van der Waals surface area (Å²) >= 11 is 6.14. The van der Waals surface area contributed by atoms with Crippen LogP contribution in [0.3, 0.4) is 0 Å². The number of carbonyl (C=O) groups excluding carboxylic acids is 2. The largest absolute Gasteiger partial charge is 0.478 e. The van der Waals surface area contributed by atoms with Gasteiger partial charge in [-0.3, -0.25) is 9.59 Å². The number of hydrogen-bond acceptors (Lipinski definition) is 7. The van der Waals surface area contributed by atoms with Crippen LogP contribution < -0.4 is 10.6 Å². The summed E-state index contributed by atoms with van der Waals surface area (Å²) in [5.74, 6) is -1.70. The Hall–Kier alpha value is -4.09. The summed E-state index contributed by atoms with van der Waals surface area (Å²) in [6.45, 7) is 1.22. The zero-order chi connectivity index (χ0) is 26.2. The van der Waals surface area contributed by atoms with Crippen LogP contribution in [-0.2, 0) is 14.3 Å². The molecule has 12 heteroatoms. The number of halogens is 1. The lowest BCUT2D eigenvalue weighted by molar-refractivity contribution is -0.124. The molecule has 0 spiro atoms. The van der Waals surface area contributed by atoms with Crippen LogP contribution in [0.15, 0.2) is 54.9 Å². The number of nitrogens with one attached hydrogen (secondary N) is 2. The third kappa shape index (κ3) is 7.21. The van der Waals surface area contributed by atoms with Crippen molar-refractivity contribution in [3.8, 4) is 5.69 Å². The van der Waals surface area contributed by atoms with Crippen LogP contribution in [-0.4, -0.2) is 62.4 Å². The van der Waals surface area contributed by atoms with Gasteiger partial charge in [0.05, 0.1) is 11.3 Å². The van der Waals surface area contributed by atoms with E-state index in [1.807, 2.05) is 0 Å². The fraction of sp³-hybridized carbons (Fsp3) is 0.280. The van der Waals surface area contributed by atoms with Gasteiger partial charge in [-0.25, -0.2) is 4.79 Å². The van der Waals surface area contributed by atoms with Crippen LogP contribution in [0.2, 0.25) is 5.02 Å². The van der Waals surface area contributed by atoms with Crippen LogP contribution in [0.4, 0.5) is 5.69 Å². The summed E-state index contributed by atoms with van der Waals surface area (Å²) in [5.41, 5.74) is 1.78. The van der Waals surface area contributed by atoms with Gasteiger partial charge in [-0.15, -0.1) is 5.10 Å². The fourth-order valence-corrected chi connectivity index (χ4v) is 4.18. The van der Waals surface area contributed by atoms with Crippen LogP contribution in [0.5, 0.6) is 0 Å². The zero-order valence-electron chi connectivity index (χ0n) is 19.7. The second kappa shape index (κ2) is 12.2. The lowest BCUT2D eigenvalue weighted by Crippen LogP contribution is -2.44. The molecule has 3 aromatic rings. The molecule has 3 N–H and O–H groups in total. The monoisotopic (exact) mass is 524 g/mol. The first-order valence-corrected chi connectivity index (χ1v) is 12.0. The van der Waals surface area contributed by atoms with Gasteiger partial charge in [0.2, 0.25) is 11.8 Å². The minimum Gasteiger partial charge on any atom is -0.478 e. The third-order valence-corrected chi connectivity index (χ3v) is 6.18. The maximum absolute atomic E-state index is 13.1. The Bertz CT molecular complexity index is 1270. The van der Waals surface area contributed by atoms with Crippen LogP contribution in [0.25, 0.3) is 11.8 Å². The number of carbonyl (C=O) groups is 3. The zero-order valence-corrected chi connectivity index (χ0v) is 20.5. The Morgan fingerprint density at radius 2 is 1.92 bits per heavy atom. The molecule has 11 nitrogen and oxygen atoms in total. The van der Waals surface area contributed by atoms with E-state index in [9.17, 15) is 14.4 Å². The second-order valence-electron chi connectivity index (χ2n) is 8.52. The number of nitrogens with zero attached hydrogens (tertiary/aromatic N) is 4. The first kappa shape index (κ1) is 26.0. The van der Waals surface area contributed by atoms with Gasteiger partial charge in [-0.05, 0) is 84.1 Å². The van der Waals surface area contributed by atoms with Gasteiger partial charge >= 0.3 is 5.97 Å². The van der Waals surface area contributed by atoms with Crippen molar-refractivity contribution in [3.05, 3.63) is 71.0 Å². The number of carboxylic acid groups (broad SMARTS) is 1. The van der Waals surface area contributed by atoms with E-state index >= 15 is 0 Å². The van der Waals surface area contributed by atoms with E-state index in [2.05, 4.69) is 26.2 Å². The number of aromatic carboxylic acids is 1. The predicted molar refractivity (Wildman–Crippen MR) is 135 cm³/mol. The van der Waals surface area contributed by atoms with E-state index < -0.39 is 23.8 Å². The number of ether oxygens (including phenoxy) is 1. The summed E-state index contributed by atoms with van der Waals surface area (Å²) in [6, 6.07) is 10.1. The van der Waals surface area contributed by atoms with E-state index in [1.165, 1.54) is 41.4 Å². The van der Waals surface area contributed by atoms with Crippen molar-refractivity contribution < 1.29 is 24.2 Å². The Kier molecular flexibility index (Phi) is 8.60. The number of carboxylic acids is 1. The molecule has 0 bridgehead atoms.